The fourth-order valence-electron chi connectivity index (χ4n) is 2.38. The molecule has 8 nitrogen and oxygen atoms in total. The minimum absolute atomic E-state index is 0.265. The van der Waals surface area contributed by atoms with Crippen molar-refractivity contribution in [2.45, 2.75) is 18.8 Å². The Kier molecular flexibility index (Phi) is 3.49. The molecule has 0 atom stereocenters. The standard InChI is InChI=1S/C15H13N5O3S/c1-23-14(22)9-4-2-3-5-10(9)16-12(21)13-19-20-11(8-6-7-8)17-18-15(20)24-13/h2-5,8H,6-7H2,1H3,(H,16,21). The molecule has 0 saturated heterocycles. The van der Waals surface area contributed by atoms with E-state index in [1.54, 1.807) is 28.8 Å². The summed E-state index contributed by atoms with van der Waals surface area (Å²) in [5.41, 5.74) is 0.665. The quantitative estimate of drug-likeness (QED) is 0.729. The Morgan fingerprint density at radius 1 is 1.29 bits per heavy atom. The molecule has 0 aliphatic heterocycles. The van der Waals surface area contributed by atoms with Crippen LogP contribution in [-0.4, -0.2) is 38.8 Å². The number of hydrogen-bond acceptors (Lipinski definition) is 7. The monoisotopic (exact) mass is 343 g/mol. The first-order valence-electron chi connectivity index (χ1n) is 7.38. The van der Waals surface area contributed by atoms with Crippen molar-refractivity contribution < 1.29 is 14.3 Å². The van der Waals surface area contributed by atoms with Gasteiger partial charge in [-0.1, -0.05) is 23.5 Å². The molecule has 0 radical (unpaired) electrons. The number of aromatic nitrogens is 4. The second kappa shape index (κ2) is 5.68. The highest BCUT2D eigenvalue weighted by Crippen LogP contribution is 2.39. The molecular weight excluding hydrogens is 330 g/mol. The number of ether oxygens (including phenoxy) is 1. The van der Waals surface area contributed by atoms with Crippen LogP contribution in [0.25, 0.3) is 4.96 Å². The van der Waals surface area contributed by atoms with Gasteiger partial charge in [0.1, 0.15) is 0 Å². The predicted molar refractivity (Wildman–Crippen MR) is 86.4 cm³/mol. The molecule has 4 rings (SSSR count). The molecule has 1 amide bonds. The van der Waals surface area contributed by atoms with Gasteiger partial charge in [-0.15, -0.1) is 15.3 Å². The van der Waals surface area contributed by atoms with Crippen LogP contribution in [0.3, 0.4) is 0 Å². The number of rotatable bonds is 4. The fourth-order valence-corrected chi connectivity index (χ4v) is 3.12. The van der Waals surface area contributed by atoms with Crippen LogP contribution >= 0.6 is 11.3 Å². The van der Waals surface area contributed by atoms with Crippen LogP contribution in [0.15, 0.2) is 24.3 Å². The summed E-state index contributed by atoms with van der Waals surface area (Å²) < 4.78 is 6.35. The van der Waals surface area contributed by atoms with Crippen LogP contribution in [0.4, 0.5) is 5.69 Å². The van der Waals surface area contributed by atoms with E-state index >= 15 is 0 Å². The van der Waals surface area contributed by atoms with Crippen molar-refractivity contribution >= 4 is 33.9 Å². The summed E-state index contributed by atoms with van der Waals surface area (Å²) in [5, 5.41) is 15.5. The van der Waals surface area contributed by atoms with E-state index in [1.165, 1.54) is 7.11 Å². The summed E-state index contributed by atoms with van der Waals surface area (Å²) in [7, 11) is 1.29. The molecule has 0 bridgehead atoms. The number of nitrogens with zero attached hydrogens (tertiary/aromatic N) is 4. The molecular formula is C15H13N5O3S. The van der Waals surface area contributed by atoms with Crippen LogP contribution in [0, 0.1) is 0 Å². The maximum Gasteiger partial charge on any atom is 0.339 e. The first-order valence-corrected chi connectivity index (χ1v) is 8.20. The number of carbonyl (C=O) groups is 2. The number of esters is 1. The number of fused-ring (bicyclic) bond motifs is 1. The highest BCUT2D eigenvalue weighted by Gasteiger charge is 2.30. The highest BCUT2D eigenvalue weighted by molar-refractivity contribution is 7.18. The second-order valence-corrected chi connectivity index (χ2v) is 6.38. The van der Waals surface area contributed by atoms with Gasteiger partial charge in [0.05, 0.1) is 18.4 Å². The minimum atomic E-state index is -0.514. The summed E-state index contributed by atoms with van der Waals surface area (Å²) in [6.45, 7) is 0. The highest BCUT2D eigenvalue weighted by atomic mass is 32.1. The first-order chi connectivity index (χ1) is 11.7. The largest absolute Gasteiger partial charge is 0.465 e. The SMILES string of the molecule is COC(=O)c1ccccc1NC(=O)c1nn2c(C3CC3)nnc2s1. The number of benzene rings is 1. The maximum absolute atomic E-state index is 12.5. The van der Waals surface area contributed by atoms with Crippen LogP contribution in [0.2, 0.25) is 0 Å². The number of amides is 1. The van der Waals surface area contributed by atoms with Crippen molar-refractivity contribution in [3.63, 3.8) is 0 Å². The zero-order chi connectivity index (χ0) is 16.7. The van der Waals surface area contributed by atoms with Gasteiger partial charge >= 0.3 is 5.97 Å². The molecule has 2 aromatic heterocycles. The smallest absolute Gasteiger partial charge is 0.339 e. The van der Waals surface area contributed by atoms with Gasteiger partial charge in [0.25, 0.3) is 5.91 Å². The summed E-state index contributed by atoms with van der Waals surface area (Å²) in [6, 6.07) is 6.66. The minimum Gasteiger partial charge on any atom is -0.465 e. The van der Waals surface area contributed by atoms with Gasteiger partial charge in [-0.25, -0.2) is 4.79 Å². The van der Waals surface area contributed by atoms with Crippen molar-refractivity contribution in [1.29, 1.82) is 0 Å². The molecule has 24 heavy (non-hydrogen) atoms. The van der Waals surface area contributed by atoms with E-state index in [0.29, 0.717) is 16.6 Å². The third-order valence-electron chi connectivity index (χ3n) is 3.73. The van der Waals surface area contributed by atoms with Crippen molar-refractivity contribution in [1.82, 2.24) is 19.8 Å². The van der Waals surface area contributed by atoms with Gasteiger partial charge < -0.3 is 10.1 Å². The zero-order valence-corrected chi connectivity index (χ0v) is 13.5. The van der Waals surface area contributed by atoms with Crippen molar-refractivity contribution in [3.8, 4) is 0 Å². The van der Waals surface area contributed by atoms with Gasteiger partial charge in [0.2, 0.25) is 9.97 Å². The predicted octanol–water partition coefficient (Wildman–Crippen LogP) is 2.10. The Hall–Kier alpha value is -2.81. The molecule has 1 fully saturated rings. The van der Waals surface area contributed by atoms with Gasteiger partial charge in [0.15, 0.2) is 5.82 Å². The number of methoxy groups -OCH3 is 1. The Morgan fingerprint density at radius 3 is 2.83 bits per heavy atom. The third-order valence-corrected chi connectivity index (χ3v) is 4.63. The van der Waals surface area contributed by atoms with E-state index in [1.807, 2.05) is 0 Å². The lowest BCUT2D eigenvalue weighted by Gasteiger charge is -2.07. The van der Waals surface area contributed by atoms with Crippen molar-refractivity contribution in [3.05, 3.63) is 40.7 Å². The van der Waals surface area contributed by atoms with Crippen molar-refractivity contribution in [2.24, 2.45) is 0 Å². The number of nitrogens with one attached hydrogen (secondary N) is 1. The molecule has 1 aromatic carbocycles. The molecule has 1 aliphatic rings. The molecule has 1 N–H and O–H groups in total. The summed E-state index contributed by atoms with van der Waals surface area (Å²) in [6.07, 6.45) is 2.15. The van der Waals surface area contributed by atoms with Gasteiger partial charge in [-0.05, 0) is 25.0 Å². The first kappa shape index (κ1) is 14.8. The number of anilines is 1. The Morgan fingerprint density at radius 2 is 2.08 bits per heavy atom. The van der Waals surface area contributed by atoms with E-state index in [2.05, 4.69) is 20.6 Å². The van der Waals surface area contributed by atoms with E-state index in [4.69, 9.17) is 4.74 Å². The lowest BCUT2D eigenvalue weighted by molar-refractivity contribution is 0.0602. The summed E-state index contributed by atoms with van der Waals surface area (Å²) >= 11 is 1.16. The van der Waals surface area contributed by atoms with E-state index in [0.717, 1.165) is 30.0 Å². The van der Waals surface area contributed by atoms with Crippen LogP contribution < -0.4 is 5.32 Å². The molecule has 9 heteroatoms. The van der Waals surface area contributed by atoms with Gasteiger partial charge in [0, 0.05) is 5.92 Å². The molecule has 2 heterocycles. The topological polar surface area (TPSA) is 98.5 Å². The third kappa shape index (κ3) is 2.52. The fraction of sp³-hybridized carbons (Fsp3) is 0.267. The van der Waals surface area contributed by atoms with Gasteiger partial charge in [-0.3, -0.25) is 4.79 Å². The summed E-state index contributed by atoms with van der Waals surface area (Å²) in [4.78, 5) is 24.8. The Bertz CT molecular complexity index is 944. The molecule has 1 saturated carbocycles. The number of para-hydroxylation sites is 1. The van der Waals surface area contributed by atoms with E-state index in [9.17, 15) is 9.59 Å². The lowest BCUT2D eigenvalue weighted by atomic mass is 10.2. The normalized spacial score (nSPS) is 13.9. The molecule has 0 unspecified atom stereocenters. The van der Waals surface area contributed by atoms with Crippen LogP contribution in [-0.2, 0) is 4.74 Å². The van der Waals surface area contributed by atoms with Crippen LogP contribution in [0.5, 0.6) is 0 Å². The number of carbonyl (C=O) groups excluding carboxylic acids is 2. The Labute approximate surface area is 140 Å². The average Bonchev–Trinajstić information content (AvgIpc) is 3.22. The lowest BCUT2D eigenvalue weighted by Crippen LogP contribution is -2.15. The molecule has 3 aromatic rings. The second-order valence-electron chi connectivity index (χ2n) is 5.43. The van der Waals surface area contributed by atoms with E-state index < -0.39 is 11.9 Å². The molecule has 1 aliphatic carbocycles. The number of hydrogen-bond donors (Lipinski definition) is 1. The molecule has 122 valence electrons. The van der Waals surface area contributed by atoms with Crippen molar-refractivity contribution in [2.75, 3.05) is 12.4 Å². The molecule has 0 spiro atoms. The maximum atomic E-state index is 12.5. The average molecular weight is 343 g/mol. The zero-order valence-electron chi connectivity index (χ0n) is 12.7. The van der Waals surface area contributed by atoms with E-state index in [-0.39, 0.29) is 10.6 Å². The summed E-state index contributed by atoms with van der Waals surface area (Å²) in [5.74, 6) is 0.275. The van der Waals surface area contributed by atoms with Crippen LogP contribution in [0.1, 0.15) is 44.7 Å². The van der Waals surface area contributed by atoms with Gasteiger partial charge in [-0.2, -0.15) is 4.52 Å². The Balaban J connectivity index is 1.62.